The monoisotopic (exact) mass is 322 g/mol. The average Bonchev–Trinajstić information content (AvgIpc) is 2.53. The molecule has 0 unspecified atom stereocenters. The van der Waals surface area contributed by atoms with Crippen molar-refractivity contribution >= 4 is 23.1 Å². The third-order valence-electron chi connectivity index (χ3n) is 3.79. The van der Waals surface area contributed by atoms with Gasteiger partial charge in [0, 0.05) is 11.6 Å². The summed E-state index contributed by atoms with van der Waals surface area (Å²) in [5.74, 6) is 0. The van der Waals surface area contributed by atoms with Crippen LogP contribution < -0.4 is 0 Å². The molecular formula is C19H27ClO2. The highest BCUT2D eigenvalue weighted by Crippen LogP contribution is 2.12. The van der Waals surface area contributed by atoms with Crippen molar-refractivity contribution in [2.75, 3.05) is 6.61 Å². The van der Waals surface area contributed by atoms with Crippen LogP contribution in [0.25, 0.3) is 6.08 Å². The number of unbranched alkanes of at least 4 members (excludes halogenated alkanes) is 7. The summed E-state index contributed by atoms with van der Waals surface area (Å²) in [6.45, 7) is 4.22. The first-order chi connectivity index (χ1) is 10.7. The van der Waals surface area contributed by atoms with Gasteiger partial charge >= 0.3 is 5.43 Å². The lowest BCUT2D eigenvalue weighted by atomic mass is 10.0. The van der Waals surface area contributed by atoms with Gasteiger partial charge in [-0.15, -0.1) is 0 Å². The Kier molecular flexibility index (Phi) is 10.5. The smallest absolute Gasteiger partial charge is 0.403 e. The first-order valence-electron chi connectivity index (χ1n) is 8.26. The number of benzene rings is 1. The van der Waals surface area contributed by atoms with Gasteiger partial charge in [0.15, 0.2) is 0 Å². The zero-order chi connectivity index (χ0) is 16.0. The largest absolute Gasteiger partial charge is 0.454 e. The molecule has 1 rings (SSSR count). The zero-order valence-electron chi connectivity index (χ0n) is 13.4. The fourth-order valence-corrected chi connectivity index (χ4v) is 2.54. The maximum atomic E-state index is 10.4. The SMILES string of the molecule is C=Cc1ccc(CCCCCCCCCCOC(=O)Cl)cc1. The van der Waals surface area contributed by atoms with Gasteiger partial charge in [-0.3, -0.25) is 0 Å². The van der Waals surface area contributed by atoms with Gasteiger partial charge in [-0.05, 0) is 30.4 Å². The Morgan fingerprint density at radius 1 is 0.955 bits per heavy atom. The Bertz CT molecular complexity index is 426. The molecule has 0 saturated carbocycles. The number of hydrogen-bond acceptors (Lipinski definition) is 2. The normalized spacial score (nSPS) is 10.4. The number of halogens is 1. The Labute approximate surface area is 139 Å². The molecule has 0 fully saturated rings. The summed E-state index contributed by atoms with van der Waals surface area (Å²) in [5, 5.41) is 0. The van der Waals surface area contributed by atoms with E-state index in [1.807, 2.05) is 6.08 Å². The number of rotatable bonds is 12. The molecule has 0 bridgehead atoms. The van der Waals surface area contributed by atoms with Crippen LogP contribution in [0.4, 0.5) is 4.79 Å². The van der Waals surface area contributed by atoms with Crippen molar-refractivity contribution in [1.82, 2.24) is 0 Å². The molecular weight excluding hydrogens is 296 g/mol. The van der Waals surface area contributed by atoms with Gasteiger partial charge in [-0.2, -0.15) is 0 Å². The summed E-state index contributed by atoms with van der Waals surface area (Å²) in [6.07, 6.45) is 12.7. The Balaban J connectivity index is 1.89. The van der Waals surface area contributed by atoms with Crippen molar-refractivity contribution in [2.24, 2.45) is 0 Å². The number of aryl methyl sites for hydroxylation is 1. The van der Waals surface area contributed by atoms with Crippen molar-refractivity contribution < 1.29 is 9.53 Å². The summed E-state index contributed by atoms with van der Waals surface area (Å²) in [7, 11) is 0. The van der Waals surface area contributed by atoms with Crippen LogP contribution >= 0.6 is 11.6 Å². The van der Waals surface area contributed by atoms with Crippen molar-refractivity contribution in [3.8, 4) is 0 Å². The van der Waals surface area contributed by atoms with E-state index >= 15 is 0 Å². The maximum absolute atomic E-state index is 10.4. The van der Waals surface area contributed by atoms with E-state index < -0.39 is 5.43 Å². The van der Waals surface area contributed by atoms with Crippen molar-refractivity contribution in [3.05, 3.63) is 42.0 Å². The second-order valence-electron chi connectivity index (χ2n) is 5.61. The molecule has 0 aromatic heterocycles. The van der Waals surface area contributed by atoms with Crippen molar-refractivity contribution in [1.29, 1.82) is 0 Å². The summed E-state index contributed by atoms with van der Waals surface area (Å²) in [5.41, 5.74) is 1.91. The van der Waals surface area contributed by atoms with Crippen LogP contribution in [0, 0.1) is 0 Å². The number of carbonyl (C=O) groups is 1. The molecule has 0 N–H and O–H groups in total. The molecule has 0 aliphatic carbocycles. The first-order valence-corrected chi connectivity index (χ1v) is 8.64. The molecule has 1 aromatic rings. The number of hydrogen-bond donors (Lipinski definition) is 0. The Hall–Kier alpha value is -1.28. The molecule has 0 spiro atoms. The molecule has 3 heteroatoms. The van der Waals surface area contributed by atoms with Crippen LogP contribution in [0.3, 0.4) is 0 Å². The topological polar surface area (TPSA) is 26.3 Å². The molecule has 2 nitrogen and oxygen atoms in total. The van der Waals surface area contributed by atoms with Crippen molar-refractivity contribution in [2.45, 2.75) is 57.8 Å². The van der Waals surface area contributed by atoms with E-state index in [1.54, 1.807) is 0 Å². The minimum absolute atomic E-state index is 0.451. The minimum atomic E-state index is -0.695. The third kappa shape index (κ3) is 9.62. The van der Waals surface area contributed by atoms with Gasteiger partial charge in [0.05, 0.1) is 6.61 Å². The average molecular weight is 323 g/mol. The van der Waals surface area contributed by atoms with Crippen molar-refractivity contribution in [3.63, 3.8) is 0 Å². The van der Waals surface area contributed by atoms with Crippen LogP contribution in [-0.2, 0) is 11.2 Å². The van der Waals surface area contributed by atoms with Gasteiger partial charge in [0.2, 0.25) is 0 Å². The highest BCUT2D eigenvalue weighted by Gasteiger charge is 1.97. The van der Waals surface area contributed by atoms with E-state index in [-0.39, 0.29) is 0 Å². The van der Waals surface area contributed by atoms with E-state index in [1.165, 1.54) is 56.1 Å². The standard InChI is InChI=1S/C19H27ClO2/c1-2-17-12-14-18(15-13-17)11-9-7-5-3-4-6-8-10-16-22-19(20)21/h2,12-15H,1,3-11,16H2. The predicted octanol–water partition coefficient (Wildman–Crippen LogP) is 6.37. The molecule has 0 aliphatic rings. The predicted molar refractivity (Wildman–Crippen MR) is 94.4 cm³/mol. The van der Waals surface area contributed by atoms with E-state index in [2.05, 4.69) is 35.6 Å². The molecule has 122 valence electrons. The summed E-state index contributed by atoms with van der Waals surface area (Å²) in [4.78, 5) is 10.4. The molecule has 0 radical (unpaired) electrons. The quantitative estimate of drug-likeness (QED) is 0.330. The minimum Gasteiger partial charge on any atom is -0.454 e. The molecule has 0 amide bonds. The number of ether oxygens (including phenoxy) is 1. The summed E-state index contributed by atoms with van der Waals surface area (Å²) >= 11 is 5.08. The highest BCUT2D eigenvalue weighted by atomic mass is 35.5. The second-order valence-corrected chi connectivity index (χ2v) is 5.92. The second kappa shape index (κ2) is 12.3. The zero-order valence-corrected chi connectivity index (χ0v) is 14.1. The fourth-order valence-electron chi connectivity index (χ4n) is 2.46. The van der Waals surface area contributed by atoms with Crippen LogP contribution in [-0.4, -0.2) is 12.0 Å². The molecule has 0 atom stereocenters. The summed E-state index contributed by atoms with van der Waals surface area (Å²) in [6, 6.07) is 8.66. The van der Waals surface area contributed by atoms with E-state index in [0.29, 0.717) is 6.61 Å². The van der Waals surface area contributed by atoms with E-state index in [4.69, 9.17) is 11.6 Å². The lowest BCUT2D eigenvalue weighted by Crippen LogP contribution is -1.96. The third-order valence-corrected chi connectivity index (χ3v) is 3.90. The first kappa shape index (κ1) is 18.8. The van der Waals surface area contributed by atoms with Crippen LogP contribution in [0.1, 0.15) is 62.5 Å². The molecule has 0 saturated heterocycles. The Morgan fingerprint density at radius 3 is 2.05 bits per heavy atom. The molecule has 22 heavy (non-hydrogen) atoms. The number of carbonyl (C=O) groups excluding carboxylic acids is 1. The van der Waals surface area contributed by atoms with E-state index in [0.717, 1.165) is 12.8 Å². The fraction of sp³-hybridized carbons (Fsp3) is 0.526. The van der Waals surface area contributed by atoms with Gasteiger partial charge in [-0.25, -0.2) is 4.79 Å². The van der Waals surface area contributed by atoms with Gasteiger partial charge < -0.3 is 4.74 Å². The van der Waals surface area contributed by atoms with Crippen LogP contribution in [0.2, 0.25) is 0 Å². The lowest BCUT2D eigenvalue weighted by molar-refractivity contribution is 0.170. The van der Waals surface area contributed by atoms with Crippen LogP contribution in [0.5, 0.6) is 0 Å². The van der Waals surface area contributed by atoms with Gasteiger partial charge in [0.1, 0.15) is 0 Å². The van der Waals surface area contributed by atoms with Gasteiger partial charge in [0.25, 0.3) is 0 Å². The molecule has 0 heterocycles. The molecule has 0 aliphatic heterocycles. The lowest BCUT2D eigenvalue weighted by Gasteiger charge is -2.04. The summed E-state index contributed by atoms with van der Waals surface area (Å²) < 4.78 is 4.68. The van der Waals surface area contributed by atoms with Crippen LogP contribution in [0.15, 0.2) is 30.8 Å². The Morgan fingerprint density at radius 2 is 1.50 bits per heavy atom. The van der Waals surface area contributed by atoms with E-state index in [9.17, 15) is 4.79 Å². The molecule has 1 aromatic carbocycles. The highest BCUT2D eigenvalue weighted by molar-refractivity contribution is 6.61. The van der Waals surface area contributed by atoms with Gasteiger partial charge in [-0.1, -0.05) is 75.4 Å². The maximum Gasteiger partial charge on any atom is 0.403 e.